The number of halogens is 3. The first-order chi connectivity index (χ1) is 15.9. The van der Waals surface area contributed by atoms with E-state index in [1.165, 1.54) is 48.9 Å². The van der Waals surface area contributed by atoms with Gasteiger partial charge in [-0.15, -0.1) is 0 Å². The second-order valence-corrected chi connectivity index (χ2v) is 6.80. The highest BCUT2D eigenvalue weighted by Gasteiger charge is 2.33. The van der Waals surface area contributed by atoms with Crippen molar-refractivity contribution in [3.8, 4) is 17.1 Å². The molecule has 0 aliphatic heterocycles. The van der Waals surface area contributed by atoms with Crippen molar-refractivity contribution >= 4 is 17.4 Å². The summed E-state index contributed by atoms with van der Waals surface area (Å²) in [6, 6.07) is 7.94. The number of carbonyl (C=O) groups is 1. The molecule has 0 aliphatic rings. The van der Waals surface area contributed by atoms with Gasteiger partial charge in [0.25, 0.3) is 5.91 Å². The van der Waals surface area contributed by atoms with Crippen molar-refractivity contribution in [2.45, 2.75) is 12.6 Å². The number of rotatable bonds is 7. The van der Waals surface area contributed by atoms with Crippen molar-refractivity contribution in [2.24, 2.45) is 0 Å². The molecular formula is C21H17F3N6O3. The Kier molecular flexibility index (Phi) is 6.18. The molecule has 0 spiro atoms. The van der Waals surface area contributed by atoms with Crippen LogP contribution >= 0.6 is 0 Å². The molecule has 0 fully saturated rings. The van der Waals surface area contributed by atoms with Crippen LogP contribution in [-0.4, -0.2) is 48.8 Å². The van der Waals surface area contributed by atoms with Gasteiger partial charge in [-0.05, 0) is 18.2 Å². The van der Waals surface area contributed by atoms with Crippen molar-refractivity contribution in [1.82, 2.24) is 24.6 Å². The van der Waals surface area contributed by atoms with Crippen LogP contribution < -0.4 is 10.1 Å². The Bertz CT molecular complexity index is 1290. The van der Waals surface area contributed by atoms with E-state index in [4.69, 9.17) is 9.84 Å². The average molecular weight is 458 g/mol. The molecule has 0 bridgehead atoms. The first-order valence-electron chi connectivity index (χ1n) is 9.75. The maximum atomic E-state index is 13.4. The number of benzene rings is 1. The number of alkyl halides is 3. The van der Waals surface area contributed by atoms with E-state index in [-0.39, 0.29) is 47.5 Å². The Morgan fingerprint density at radius 1 is 1.12 bits per heavy atom. The fourth-order valence-electron chi connectivity index (χ4n) is 3.02. The van der Waals surface area contributed by atoms with E-state index in [9.17, 15) is 18.0 Å². The summed E-state index contributed by atoms with van der Waals surface area (Å²) < 4.78 is 46.8. The van der Waals surface area contributed by atoms with Crippen molar-refractivity contribution in [3.63, 3.8) is 0 Å². The van der Waals surface area contributed by atoms with Gasteiger partial charge in [-0.3, -0.25) is 9.78 Å². The molecule has 1 amide bonds. The third kappa shape index (κ3) is 4.90. The number of anilines is 1. The van der Waals surface area contributed by atoms with E-state index in [0.717, 1.165) is 10.6 Å². The minimum absolute atomic E-state index is 0.00950. The Balaban J connectivity index is 1.63. The van der Waals surface area contributed by atoms with E-state index >= 15 is 0 Å². The molecule has 0 saturated heterocycles. The number of aliphatic hydroxyl groups excluding tert-OH is 1. The summed E-state index contributed by atoms with van der Waals surface area (Å²) in [6.45, 7) is 0.183. The van der Waals surface area contributed by atoms with Crippen LogP contribution in [-0.2, 0) is 6.18 Å². The minimum atomic E-state index is -4.56. The lowest BCUT2D eigenvalue weighted by atomic mass is 10.0. The summed E-state index contributed by atoms with van der Waals surface area (Å²) in [7, 11) is 0. The summed E-state index contributed by atoms with van der Waals surface area (Å²) >= 11 is 0. The molecule has 12 heteroatoms. The van der Waals surface area contributed by atoms with Crippen molar-refractivity contribution < 1.29 is 27.8 Å². The summed E-state index contributed by atoms with van der Waals surface area (Å²) in [6.07, 6.45) is -0.241. The van der Waals surface area contributed by atoms with Gasteiger partial charge in [-0.1, -0.05) is 18.2 Å². The lowest BCUT2D eigenvalue weighted by Crippen LogP contribution is -2.17. The molecule has 0 radical (unpaired) electrons. The molecule has 4 aromatic rings. The van der Waals surface area contributed by atoms with Gasteiger partial charge in [0.05, 0.1) is 36.5 Å². The smallest absolute Gasteiger partial charge is 0.417 e. The number of imidazole rings is 1. The number of hydrogen-bond donors (Lipinski definition) is 2. The Hall–Kier alpha value is -4.06. The van der Waals surface area contributed by atoms with Crippen LogP contribution in [0.4, 0.5) is 19.0 Å². The van der Waals surface area contributed by atoms with Crippen LogP contribution in [0.1, 0.15) is 22.5 Å². The van der Waals surface area contributed by atoms with Gasteiger partial charge in [0.1, 0.15) is 0 Å². The van der Waals surface area contributed by atoms with Crippen LogP contribution in [0.5, 0.6) is 5.88 Å². The minimum Gasteiger partial charge on any atom is -0.476 e. The SMILES string of the molecule is O=C(Nc1cncc(OCCCO)n1)c1cnc2ccc(-c3ccccc3C(F)(F)F)nn12. The van der Waals surface area contributed by atoms with Crippen LogP contribution in [0, 0.1) is 0 Å². The Morgan fingerprint density at radius 3 is 2.73 bits per heavy atom. The van der Waals surface area contributed by atoms with Crippen LogP contribution in [0.15, 0.2) is 55.0 Å². The van der Waals surface area contributed by atoms with E-state index in [1.54, 1.807) is 0 Å². The van der Waals surface area contributed by atoms with Crippen LogP contribution in [0.25, 0.3) is 16.9 Å². The number of amides is 1. The highest BCUT2D eigenvalue weighted by Crippen LogP contribution is 2.36. The standard InChI is InChI=1S/C21H17F3N6O3/c22-21(23,24)14-5-2-1-4-13(14)15-6-7-18-26-10-16(30(18)29-15)20(32)28-17-11-25-12-19(27-17)33-9-3-8-31/h1-2,4-7,10-12,31H,3,8-9H2,(H,27,28,32). The summed E-state index contributed by atoms with van der Waals surface area (Å²) in [5.41, 5.74) is -0.659. The first kappa shape index (κ1) is 22.1. The van der Waals surface area contributed by atoms with E-state index < -0.39 is 17.6 Å². The topological polar surface area (TPSA) is 115 Å². The zero-order chi connectivity index (χ0) is 23.4. The molecule has 2 N–H and O–H groups in total. The zero-order valence-corrected chi connectivity index (χ0v) is 17.0. The van der Waals surface area contributed by atoms with Crippen molar-refractivity contribution in [3.05, 3.63) is 66.2 Å². The van der Waals surface area contributed by atoms with Crippen LogP contribution in [0.3, 0.4) is 0 Å². The molecule has 3 heterocycles. The van der Waals surface area contributed by atoms with Crippen molar-refractivity contribution in [2.75, 3.05) is 18.5 Å². The number of aliphatic hydroxyl groups is 1. The van der Waals surface area contributed by atoms with Crippen LogP contribution in [0.2, 0.25) is 0 Å². The molecule has 0 aliphatic carbocycles. The number of ether oxygens (including phenoxy) is 1. The molecule has 1 aromatic carbocycles. The number of hydrogen-bond acceptors (Lipinski definition) is 7. The summed E-state index contributed by atoms with van der Waals surface area (Å²) in [5, 5.41) is 15.6. The fourth-order valence-corrected chi connectivity index (χ4v) is 3.02. The fraction of sp³-hybridized carbons (Fsp3) is 0.190. The summed E-state index contributed by atoms with van der Waals surface area (Å²) in [5.74, 6) is -0.392. The molecule has 9 nitrogen and oxygen atoms in total. The monoisotopic (exact) mass is 458 g/mol. The Morgan fingerprint density at radius 2 is 1.94 bits per heavy atom. The molecular weight excluding hydrogens is 441 g/mol. The lowest BCUT2D eigenvalue weighted by Gasteiger charge is -2.12. The molecule has 170 valence electrons. The van der Waals surface area contributed by atoms with Gasteiger partial charge in [0.15, 0.2) is 17.2 Å². The third-order valence-corrected chi connectivity index (χ3v) is 4.51. The lowest BCUT2D eigenvalue weighted by molar-refractivity contribution is -0.137. The quantitative estimate of drug-likeness (QED) is 0.409. The second kappa shape index (κ2) is 9.20. The number of nitrogens with one attached hydrogen (secondary N) is 1. The normalized spacial score (nSPS) is 11.5. The predicted molar refractivity (Wildman–Crippen MR) is 111 cm³/mol. The van der Waals surface area contributed by atoms with Gasteiger partial charge in [0, 0.05) is 18.6 Å². The molecule has 0 atom stereocenters. The van der Waals surface area contributed by atoms with Gasteiger partial charge in [-0.2, -0.15) is 23.3 Å². The molecule has 33 heavy (non-hydrogen) atoms. The molecule has 4 rings (SSSR count). The number of aromatic nitrogens is 5. The number of carbonyl (C=O) groups excluding carboxylic acids is 1. The van der Waals surface area contributed by atoms with E-state index in [0.29, 0.717) is 6.42 Å². The Labute approximate surface area is 184 Å². The predicted octanol–water partition coefficient (Wildman–Crippen LogP) is 3.22. The van der Waals surface area contributed by atoms with Gasteiger partial charge < -0.3 is 15.2 Å². The largest absolute Gasteiger partial charge is 0.476 e. The number of nitrogens with zero attached hydrogens (tertiary/aromatic N) is 5. The van der Waals surface area contributed by atoms with E-state index in [2.05, 4.69) is 25.4 Å². The van der Waals surface area contributed by atoms with Gasteiger partial charge >= 0.3 is 6.18 Å². The number of fused-ring (bicyclic) bond motifs is 1. The highest BCUT2D eigenvalue weighted by atomic mass is 19.4. The second-order valence-electron chi connectivity index (χ2n) is 6.80. The zero-order valence-electron chi connectivity index (χ0n) is 17.0. The van der Waals surface area contributed by atoms with Crippen molar-refractivity contribution in [1.29, 1.82) is 0 Å². The van der Waals surface area contributed by atoms with Gasteiger partial charge in [0.2, 0.25) is 5.88 Å². The molecule has 3 aromatic heterocycles. The maximum Gasteiger partial charge on any atom is 0.417 e. The van der Waals surface area contributed by atoms with E-state index in [1.807, 2.05) is 0 Å². The maximum absolute atomic E-state index is 13.4. The molecule has 0 unspecified atom stereocenters. The summed E-state index contributed by atoms with van der Waals surface area (Å²) in [4.78, 5) is 24.9. The first-order valence-corrected chi connectivity index (χ1v) is 9.75. The van der Waals surface area contributed by atoms with Gasteiger partial charge in [-0.25, -0.2) is 9.50 Å². The third-order valence-electron chi connectivity index (χ3n) is 4.51. The highest BCUT2D eigenvalue weighted by molar-refractivity contribution is 6.02. The molecule has 0 saturated carbocycles. The average Bonchev–Trinajstić information content (AvgIpc) is 3.22.